The lowest BCUT2D eigenvalue weighted by molar-refractivity contribution is 0.0950. The minimum Gasteiger partial charge on any atom is -0.493 e. The third-order valence-corrected chi connectivity index (χ3v) is 3.51. The zero-order valence-corrected chi connectivity index (χ0v) is 14.8. The summed E-state index contributed by atoms with van der Waals surface area (Å²) in [5.41, 5.74) is 1.33. The van der Waals surface area contributed by atoms with Crippen molar-refractivity contribution in [2.75, 3.05) is 13.7 Å². The average molecular weight is 349 g/mol. The van der Waals surface area contributed by atoms with E-state index in [4.69, 9.17) is 21.1 Å². The Labute approximate surface area is 147 Å². The zero-order valence-electron chi connectivity index (χ0n) is 14.0. The number of methoxy groups -OCH3 is 1. The van der Waals surface area contributed by atoms with Crippen molar-refractivity contribution >= 4 is 17.5 Å². The van der Waals surface area contributed by atoms with Gasteiger partial charge in [-0.2, -0.15) is 0 Å². The van der Waals surface area contributed by atoms with Gasteiger partial charge in [0, 0.05) is 24.5 Å². The maximum Gasteiger partial charge on any atom is 0.251 e. The predicted octanol–water partition coefficient (Wildman–Crippen LogP) is 3.71. The molecule has 6 heteroatoms. The highest BCUT2D eigenvalue weighted by molar-refractivity contribution is 6.32. The first kappa shape index (κ1) is 18.1. The van der Waals surface area contributed by atoms with Crippen LogP contribution in [0.4, 0.5) is 0 Å². The fourth-order valence-corrected chi connectivity index (χ4v) is 2.29. The molecule has 0 radical (unpaired) electrons. The number of pyridine rings is 1. The minimum absolute atomic E-state index is 0.241. The van der Waals surface area contributed by atoms with Gasteiger partial charge in [0.05, 0.1) is 18.7 Å². The number of aromatic nitrogens is 1. The van der Waals surface area contributed by atoms with Crippen LogP contribution in [0.1, 0.15) is 29.8 Å². The van der Waals surface area contributed by atoms with Crippen molar-refractivity contribution in [3.63, 3.8) is 0 Å². The second-order valence-electron chi connectivity index (χ2n) is 5.74. The van der Waals surface area contributed by atoms with Gasteiger partial charge in [-0.25, -0.2) is 0 Å². The van der Waals surface area contributed by atoms with E-state index in [1.807, 2.05) is 26.0 Å². The van der Waals surface area contributed by atoms with Crippen molar-refractivity contribution in [3.05, 3.63) is 52.8 Å². The Morgan fingerprint density at radius 2 is 2.17 bits per heavy atom. The summed E-state index contributed by atoms with van der Waals surface area (Å²) < 4.78 is 11.0. The molecule has 0 saturated heterocycles. The van der Waals surface area contributed by atoms with Gasteiger partial charge in [0.1, 0.15) is 0 Å². The summed E-state index contributed by atoms with van der Waals surface area (Å²) in [6.07, 6.45) is 3.39. The summed E-state index contributed by atoms with van der Waals surface area (Å²) in [6, 6.07) is 6.92. The molecule has 0 aliphatic rings. The average Bonchev–Trinajstić information content (AvgIpc) is 2.58. The highest BCUT2D eigenvalue weighted by Gasteiger charge is 2.16. The Hall–Kier alpha value is -2.27. The van der Waals surface area contributed by atoms with Crippen molar-refractivity contribution in [3.8, 4) is 11.5 Å². The van der Waals surface area contributed by atoms with Gasteiger partial charge in [0.15, 0.2) is 11.5 Å². The highest BCUT2D eigenvalue weighted by atomic mass is 35.5. The van der Waals surface area contributed by atoms with E-state index in [1.54, 1.807) is 24.5 Å². The number of hydrogen-bond acceptors (Lipinski definition) is 4. The van der Waals surface area contributed by atoms with Crippen molar-refractivity contribution in [2.45, 2.75) is 20.4 Å². The topological polar surface area (TPSA) is 60.5 Å². The molecule has 1 aromatic heterocycles. The quantitative estimate of drug-likeness (QED) is 0.828. The summed E-state index contributed by atoms with van der Waals surface area (Å²) in [4.78, 5) is 16.3. The first-order valence-electron chi connectivity index (χ1n) is 7.68. The summed E-state index contributed by atoms with van der Waals surface area (Å²) in [5, 5.41) is 3.18. The van der Waals surface area contributed by atoms with Gasteiger partial charge in [-0.1, -0.05) is 31.5 Å². The van der Waals surface area contributed by atoms with Gasteiger partial charge in [0.2, 0.25) is 0 Å². The van der Waals surface area contributed by atoms with Crippen molar-refractivity contribution in [1.82, 2.24) is 10.3 Å². The largest absolute Gasteiger partial charge is 0.493 e. The Morgan fingerprint density at radius 1 is 1.38 bits per heavy atom. The van der Waals surface area contributed by atoms with Crippen LogP contribution in [0.15, 0.2) is 36.7 Å². The number of hydrogen-bond donors (Lipinski definition) is 1. The van der Waals surface area contributed by atoms with Crippen LogP contribution < -0.4 is 14.8 Å². The molecule has 0 aliphatic heterocycles. The molecule has 128 valence electrons. The molecule has 0 saturated carbocycles. The standard InChI is InChI=1S/C18H21ClN2O3/c1-12(2)11-24-17-15(19)7-14(8-16(17)23-3)18(22)21-10-13-5-4-6-20-9-13/h4-9,12H,10-11H2,1-3H3,(H,21,22). The molecule has 24 heavy (non-hydrogen) atoms. The van der Waals surface area contributed by atoms with E-state index < -0.39 is 0 Å². The minimum atomic E-state index is -0.241. The molecule has 1 amide bonds. The Balaban J connectivity index is 2.12. The first-order chi connectivity index (χ1) is 11.5. The number of ether oxygens (including phenoxy) is 2. The molecular weight excluding hydrogens is 328 g/mol. The third-order valence-electron chi connectivity index (χ3n) is 3.23. The third kappa shape index (κ3) is 4.86. The Bertz CT molecular complexity index is 690. The second-order valence-corrected chi connectivity index (χ2v) is 6.15. The van der Waals surface area contributed by atoms with E-state index in [9.17, 15) is 4.79 Å². The number of carbonyl (C=O) groups is 1. The maximum atomic E-state index is 12.3. The lowest BCUT2D eigenvalue weighted by Gasteiger charge is -2.15. The molecule has 1 aromatic carbocycles. The van der Waals surface area contributed by atoms with Crippen LogP contribution in [0.5, 0.6) is 11.5 Å². The smallest absolute Gasteiger partial charge is 0.251 e. The van der Waals surface area contributed by atoms with Crippen LogP contribution >= 0.6 is 11.6 Å². The van der Waals surface area contributed by atoms with E-state index in [2.05, 4.69) is 10.3 Å². The van der Waals surface area contributed by atoms with Crippen LogP contribution in [-0.4, -0.2) is 24.6 Å². The van der Waals surface area contributed by atoms with Crippen molar-refractivity contribution < 1.29 is 14.3 Å². The van der Waals surface area contributed by atoms with Gasteiger partial charge in [0.25, 0.3) is 5.91 Å². The molecule has 0 spiro atoms. The fourth-order valence-electron chi connectivity index (χ4n) is 2.03. The first-order valence-corrected chi connectivity index (χ1v) is 8.06. The molecule has 2 aromatic rings. The van der Waals surface area contributed by atoms with Gasteiger partial charge in [-0.3, -0.25) is 9.78 Å². The SMILES string of the molecule is COc1cc(C(=O)NCc2cccnc2)cc(Cl)c1OCC(C)C. The van der Waals surface area contributed by atoms with E-state index in [0.717, 1.165) is 5.56 Å². The number of amides is 1. The Kier molecular flexibility index (Phi) is 6.44. The zero-order chi connectivity index (χ0) is 17.5. The number of halogens is 1. The summed E-state index contributed by atoms with van der Waals surface area (Å²) in [5.74, 6) is 1.01. The van der Waals surface area contributed by atoms with Crippen molar-refractivity contribution in [1.29, 1.82) is 0 Å². The lowest BCUT2D eigenvalue weighted by atomic mass is 10.1. The number of carbonyl (C=O) groups excluding carboxylic acids is 1. The van der Waals surface area contributed by atoms with Crippen LogP contribution in [0, 0.1) is 5.92 Å². The molecule has 2 rings (SSSR count). The number of nitrogens with zero attached hydrogens (tertiary/aromatic N) is 1. The molecule has 1 N–H and O–H groups in total. The molecule has 5 nitrogen and oxygen atoms in total. The van der Waals surface area contributed by atoms with Crippen LogP contribution in [0.25, 0.3) is 0 Å². The van der Waals surface area contributed by atoms with Gasteiger partial charge in [-0.15, -0.1) is 0 Å². The number of nitrogens with one attached hydrogen (secondary N) is 1. The maximum absolute atomic E-state index is 12.3. The molecule has 1 heterocycles. The van der Waals surface area contributed by atoms with E-state index >= 15 is 0 Å². The van der Waals surface area contributed by atoms with Crippen LogP contribution in [0.3, 0.4) is 0 Å². The normalized spacial score (nSPS) is 10.5. The molecular formula is C18H21ClN2O3. The molecule has 0 atom stereocenters. The molecule has 0 bridgehead atoms. The van der Waals surface area contributed by atoms with Crippen LogP contribution in [0.2, 0.25) is 5.02 Å². The number of benzene rings is 1. The second kappa shape index (κ2) is 8.55. The molecule has 0 unspecified atom stereocenters. The molecule has 0 aliphatic carbocycles. The lowest BCUT2D eigenvalue weighted by Crippen LogP contribution is -2.23. The summed E-state index contributed by atoms with van der Waals surface area (Å²) in [7, 11) is 1.52. The van der Waals surface area contributed by atoms with E-state index in [1.165, 1.54) is 7.11 Å². The molecule has 0 fully saturated rings. The number of rotatable bonds is 7. The van der Waals surface area contributed by atoms with Crippen molar-refractivity contribution in [2.24, 2.45) is 5.92 Å². The van der Waals surface area contributed by atoms with E-state index in [0.29, 0.717) is 41.2 Å². The van der Waals surface area contributed by atoms with Gasteiger partial charge < -0.3 is 14.8 Å². The van der Waals surface area contributed by atoms with Crippen LogP contribution in [-0.2, 0) is 6.54 Å². The monoisotopic (exact) mass is 348 g/mol. The van der Waals surface area contributed by atoms with Gasteiger partial charge >= 0.3 is 0 Å². The summed E-state index contributed by atoms with van der Waals surface area (Å²) in [6.45, 7) is 4.99. The Morgan fingerprint density at radius 3 is 2.79 bits per heavy atom. The summed E-state index contributed by atoms with van der Waals surface area (Å²) >= 11 is 6.26. The van der Waals surface area contributed by atoms with Gasteiger partial charge in [-0.05, 0) is 29.7 Å². The fraction of sp³-hybridized carbons (Fsp3) is 0.333. The predicted molar refractivity (Wildman–Crippen MR) is 93.7 cm³/mol. The van der Waals surface area contributed by atoms with E-state index in [-0.39, 0.29) is 5.91 Å². The highest BCUT2D eigenvalue weighted by Crippen LogP contribution is 2.36.